The van der Waals surface area contributed by atoms with E-state index in [0.29, 0.717) is 24.7 Å². The normalized spacial score (nSPS) is 13.8. The van der Waals surface area contributed by atoms with Crippen LogP contribution < -0.4 is 0 Å². The summed E-state index contributed by atoms with van der Waals surface area (Å²) in [5.41, 5.74) is 1.95. The molecular formula is C20H19ClN4O2S. The summed E-state index contributed by atoms with van der Waals surface area (Å²) >= 11 is 7.66. The third-order valence-corrected chi connectivity index (χ3v) is 5.67. The molecule has 6 nitrogen and oxygen atoms in total. The Bertz CT molecular complexity index is 947. The third-order valence-electron chi connectivity index (χ3n) is 4.40. The second-order valence-corrected chi connectivity index (χ2v) is 7.79. The molecule has 1 saturated heterocycles. The van der Waals surface area contributed by atoms with Crippen LogP contribution in [0.1, 0.15) is 6.42 Å². The summed E-state index contributed by atoms with van der Waals surface area (Å²) in [5.74, 6) is 1.60. The molecule has 2 heterocycles. The fourth-order valence-corrected chi connectivity index (χ4v) is 4.01. The number of para-hydroxylation sites is 1. The molecule has 0 bridgehead atoms. The molecule has 28 heavy (non-hydrogen) atoms. The van der Waals surface area contributed by atoms with Crippen LogP contribution in [0, 0.1) is 0 Å². The van der Waals surface area contributed by atoms with Gasteiger partial charge in [0.05, 0.1) is 6.54 Å². The minimum atomic E-state index is -0.220. The minimum absolute atomic E-state index is 0.220. The SMILES string of the molecule is O=C1OCCN1CCCSc1nnc(-c2ccc(Cl)cc2)n1-c1ccccc1. The van der Waals surface area contributed by atoms with Crippen molar-refractivity contribution in [2.24, 2.45) is 0 Å². The summed E-state index contributed by atoms with van der Waals surface area (Å²) < 4.78 is 7.02. The van der Waals surface area contributed by atoms with Crippen molar-refractivity contribution in [1.82, 2.24) is 19.7 Å². The van der Waals surface area contributed by atoms with Gasteiger partial charge in [0.15, 0.2) is 11.0 Å². The number of carbonyl (C=O) groups is 1. The molecule has 0 N–H and O–H groups in total. The molecule has 0 saturated carbocycles. The van der Waals surface area contributed by atoms with Crippen LogP contribution in [0.2, 0.25) is 5.02 Å². The van der Waals surface area contributed by atoms with Crippen LogP contribution in [-0.4, -0.2) is 51.2 Å². The summed E-state index contributed by atoms with van der Waals surface area (Å²) in [6.07, 6.45) is 0.639. The molecule has 1 fully saturated rings. The number of hydrogen-bond acceptors (Lipinski definition) is 5. The van der Waals surface area contributed by atoms with Gasteiger partial charge in [0.1, 0.15) is 6.61 Å². The smallest absolute Gasteiger partial charge is 0.409 e. The number of carbonyl (C=O) groups excluding carboxylic acids is 1. The number of rotatable bonds is 7. The summed E-state index contributed by atoms with van der Waals surface area (Å²) in [6.45, 7) is 1.85. The lowest BCUT2D eigenvalue weighted by atomic mass is 10.2. The molecule has 0 radical (unpaired) electrons. The molecule has 1 aliphatic rings. The molecule has 1 aliphatic heterocycles. The van der Waals surface area contributed by atoms with E-state index in [1.165, 1.54) is 0 Å². The number of cyclic esters (lactones) is 1. The van der Waals surface area contributed by atoms with Gasteiger partial charge in [-0.15, -0.1) is 10.2 Å². The predicted molar refractivity (Wildman–Crippen MR) is 110 cm³/mol. The van der Waals surface area contributed by atoms with Crippen molar-refractivity contribution in [3.05, 3.63) is 59.6 Å². The first-order valence-electron chi connectivity index (χ1n) is 9.03. The van der Waals surface area contributed by atoms with Crippen molar-refractivity contribution in [2.45, 2.75) is 11.6 Å². The van der Waals surface area contributed by atoms with Crippen molar-refractivity contribution in [2.75, 3.05) is 25.4 Å². The van der Waals surface area contributed by atoms with Crippen LogP contribution in [0.3, 0.4) is 0 Å². The van der Waals surface area contributed by atoms with Crippen molar-refractivity contribution in [3.63, 3.8) is 0 Å². The van der Waals surface area contributed by atoms with Crippen LogP contribution in [0.4, 0.5) is 4.79 Å². The second-order valence-electron chi connectivity index (χ2n) is 6.29. The molecule has 0 atom stereocenters. The standard InChI is InChI=1S/C20H19ClN4O2S/c21-16-9-7-15(8-10-16)18-22-23-19(25(18)17-5-2-1-3-6-17)28-14-4-11-24-12-13-27-20(24)26/h1-3,5-10H,4,11-14H2. The van der Waals surface area contributed by atoms with E-state index in [4.69, 9.17) is 16.3 Å². The maximum absolute atomic E-state index is 11.5. The fraction of sp³-hybridized carbons (Fsp3) is 0.250. The Kier molecular flexibility index (Phi) is 5.83. The van der Waals surface area contributed by atoms with Gasteiger partial charge in [-0.25, -0.2) is 4.79 Å². The monoisotopic (exact) mass is 414 g/mol. The Labute approximate surface area is 172 Å². The molecule has 1 aromatic heterocycles. The number of halogens is 1. The lowest BCUT2D eigenvalue weighted by Gasteiger charge is -2.12. The number of amides is 1. The van der Waals surface area contributed by atoms with Gasteiger partial charge in [-0.3, -0.25) is 4.57 Å². The average Bonchev–Trinajstić information content (AvgIpc) is 3.33. The molecule has 0 aliphatic carbocycles. The number of benzene rings is 2. The zero-order chi connectivity index (χ0) is 19.3. The van der Waals surface area contributed by atoms with Gasteiger partial charge in [-0.2, -0.15) is 0 Å². The highest BCUT2D eigenvalue weighted by Crippen LogP contribution is 2.29. The van der Waals surface area contributed by atoms with Crippen molar-refractivity contribution in [1.29, 1.82) is 0 Å². The molecule has 8 heteroatoms. The van der Waals surface area contributed by atoms with Gasteiger partial charge >= 0.3 is 6.09 Å². The van der Waals surface area contributed by atoms with Gasteiger partial charge in [0.25, 0.3) is 0 Å². The molecule has 1 amide bonds. The Balaban J connectivity index is 1.53. The van der Waals surface area contributed by atoms with E-state index in [1.807, 2.05) is 54.6 Å². The minimum Gasteiger partial charge on any atom is -0.448 e. The maximum Gasteiger partial charge on any atom is 0.409 e. The van der Waals surface area contributed by atoms with E-state index >= 15 is 0 Å². The first-order chi connectivity index (χ1) is 13.7. The highest BCUT2D eigenvalue weighted by molar-refractivity contribution is 7.99. The summed E-state index contributed by atoms with van der Waals surface area (Å²) in [4.78, 5) is 13.3. The molecule has 4 rings (SSSR count). The van der Waals surface area contributed by atoms with Gasteiger partial charge in [0, 0.05) is 28.6 Å². The first kappa shape index (κ1) is 18.8. The van der Waals surface area contributed by atoms with Crippen LogP contribution in [0.15, 0.2) is 59.8 Å². The van der Waals surface area contributed by atoms with Crippen molar-refractivity contribution < 1.29 is 9.53 Å². The Morgan fingerprint density at radius 1 is 1.07 bits per heavy atom. The second kappa shape index (κ2) is 8.67. The fourth-order valence-electron chi connectivity index (χ4n) is 3.01. The summed E-state index contributed by atoms with van der Waals surface area (Å²) in [7, 11) is 0. The first-order valence-corrected chi connectivity index (χ1v) is 10.4. The Morgan fingerprint density at radius 2 is 1.86 bits per heavy atom. The molecule has 0 unspecified atom stereocenters. The number of aromatic nitrogens is 3. The van der Waals surface area contributed by atoms with Gasteiger partial charge in [-0.1, -0.05) is 41.6 Å². The summed E-state index contributed by atoms with van der Waals surface area (Å²) in [6, 6.07) is 17.6. The highest BCUT2D eigenvalue weighted by Gasteiger charge is 2.21. The number of ether oxygens (including phenoxy) is 1. The average molecular weight is 415 g/mol. The van der Waals surface area contributed by atoms with E-state index in [2.05, 4.69) is 14.8 Å². The van der Waals surface area contributed by atoms with E-state index in [1.54, 1.807) is 16.7 Å². The van der Waals surface area contributed by atoms with Crippen molar-refractivity contribution in [3.8, 4) is 17.1 Å². The number of nitrogens with zero attached hydrogens (tertiary/aromatic N) is 4. The summed E-state index contributed by atoms with van der Waals surface area (Å²) in [5, 5.41) is 10.3. The van der Waals surface area contributed by atoms with Gasteiger partial charge in [-0.05, 0) is 42.8 Å². The lowest BCUT2D eigenvalue weighted by Crippen LogP contribution is -2.25. The van der Waals surface area contributed by atoms with Crippen LogP contribution in [0.5, 0.6) is 0 Å². The van der Waals surface area contributed by atoms with Crippen LogP contribution >= 0.6 is 23.4 Å². The van der Waals surface area contributed by atoms with Gasteiger partial charge in [0.2, 0.25) is 0 Å². The van der Waals surface area contributed by atoms with E-state index in [-0.39, 0.29) is 6.09 Å². The molecular weight excluding hydrogens is 396 g/mol. The maximum atomic E-state index is 11.5. The highest BCUT2D eigenvalue weighted by atomic mass is 35.5. The van der Waals surface area contributed by atoms with Crippen molar-refractivity contribution >= 4 is 29.5 Å². The Hall–Kier alpha value is -2.51. The molecule has 2 aromatic carbocycles. The Morgan fingerprint density at radius 3 is 2.57 bits per heavy atom. The van der Waals surface area contributed by atoms with E-state index in [0.717, 1.165) is 34.4 Å². The lowest BCUT2D eigenvalue weighted by molar-refractivity contribution is 0.158. The zero-order valence-corrected chi connectivity index (χ0v) is 16.7. The van der Waals surface area contributed by atoms with Crippen LogP contribution in [-0.2, 0) is 4.74 Å². The molecule has 144 valence electrons. The molecule has 3 aromatic rings. The predicted octanol–water partition coefficient (Wildman–Crippen LogP) is 4.52. The largest absolute Gasteiger partial charge is 0.448 e. The van der Waals surface area contributed by atoms with E-state index in [9.17, 15) is 4.79 Å². The number of hydrogen-bond donors (Lipinski definition) is 0. The zero-order valence-electron chi connectivity index (χ0n) is 15.1. The van der Waals surface area contributed by atoms with E-state index < -0.39 is 0 Å². The number of thioether (sulfide) groups is 1. The van der Waals surface area contributed by atoms with Gasteiger partial charge < -0.3 is 9.64 Å². The third kappa shape index (κ3) is 4.15. The molecule has 0 spiro atoms. The topological polar surface area (TPSA) is 60.2 Å². The quantitative estimate of drug-likeness (QED) is 0.420. The van der Waals surface area contributed by atoms with Crippen LogP contribution in [0.25, 0.3) is 17.1 Å².